The summed E-state index contributed by atoms with van der Waals surface area (Å²) < 4.78 is 13.7. The Morgan fingerprint density at radius 1 is 1.00 bits per heavy atom. The first-order valence-corrected chi connectivity index (χ1v) is 9.60. The third-order valence-corrected chi connectivity index (χ3v) is 5.18. The highest BCUT2D eigenvalue weighted by Gasteiger charge is 2.16. The van der Waals surface area contributed by atoms with Crippen molar-refractivity contribution in [2.24, 2.45) is 0 Å². The zero-order chi connectivity index (χ0) is 20.4. The summed E-state index contributed by atoms with van der Waals surface area (Å²) in [6.45, 7) is 1.86. The number of pyridine rings is 1. The van der Waals surface area contributed by atoms with E-state index in [4.69, 9.17) is 11.6 Å². The highest BCUT2D eigenvalue weighted by atomic mass is 35.5. The van der Waals surface area contributed by atoms with E-state index in [1.165, 1.54) is 12.1 Å². The van der Waals surface area contributed by atoms with Gasteiger partial charge in [0.2, 0.25) is 5.91 Å². The Kier molecular flexibility index (Phi) is 5.28. The summed E-state index contributed by atoms with van der Waals surface area (Å²) >= 11 is 5.88. The first kappa shape index (κ1) is 19.1. The van der Waals surface area contributed by atoms with Gasteiger partial charge in [-0.25, -0.2) is 4.39 Å². The summed E-state index contributed by atoms with van der Waals surface area (Å²) in [5.74, 6) is -0.723. The van der Waals surface area contributed by atoms with Gasteiger partial charge in [-0.3, -0.25) is 9.78 Å². The third kappa shape index (κ3) is 4.13. The van der Waals surface area contributed by atoms with Crippen molar-refractivity contribution in [3.8, 4) is 11.1 Å². The molecule has 3 nitrogen and oxygen atoms in total. The molecule has 0 saturated carbocycles. The van der Waals surface area contributed by atoms with Crippen molar-refractivity contribution in [3.63, 3.8) is 0 Å². The number of rotatable bonds is 4. The molecule has 1 atom stereocenters. The molecule has 0 aliphatic rings. The fourth-order valence-corrected chi connectivity index (χ4v) is 3.38. The van der Waals surface area contributed by atoms with E-state index in [0.717, 1.165) is 27.6 Å². The number of aromatic nitrogens is 1. The maximum absolute atomic E-state index is 13.7. The lowest BCUT2D eigenvalue weighted by atomic mass is 9.95. The number of carbonyl (C=O) groups excluding carboxylic acids is 1. The second kappa shape index (κ2) is 8.02. The minimum absolute atomic E-state index is 0.100. The summed E-state index contributed by atoms with van der Waals surface area (Å²) in [4.78, 5) is 16.9. The topological polar surface area (TPSA) is 42.0 Å². The first-order valence-electron chi connectivity index (χ1n) is 9.22. The number of fused-ring (bicyclic) bond motifs is 1. The van der Waals surface area contributed by atoms with Gasteiger partial charge in [0.1, 0.15) is 5.82 Å². The van der Waals surface area contributed by atoms with Crippen molar-refractivity contribution in [3.05, 3.63) is 95.4 Å². The predicted octanol–water partition coefficient (Wildman–Crippen LogP) is 6.44. The van der Waals surface area contributed by atoms with Gasteiger partial charge in [0.05, 0.1) is 11.4 Å². The summed E-state index contributed by atoms with van der Waals surface area (Å²) in [7, 11) is 0. The maximum Gasteiger partial charge on any atom is 0.231 e. The lowest BCUT2D eigenvalue weighted by molar-refractivity contribution is -0.117. The van der Waals surface area contributed by atoms with Gasteiger partial charge in [0.15, 0.2) is 0 Å². The Hall–Kier alpha value is -3.24. The molecule has 29 heavy (non-hydrogen) atoms. The van der Waals surface area contributed by atoms with Crippen molar-refractivity contribution in [2.75, 3.05) is 5.32 Å². The molecule has 0 unspecified atom stereocenters. The fourth-order valence-electron chi connectivity index (χ4n) is 3.26. The fraction of sp³-hybridized carbons (Fsp3) is 0.0833. The molecular weight excluding hydrogens is 387 g/mol. The van der Waals surface area contributed by atoms with E-state index in [0.29, 0.717) is 10.7 Å². The van der Waals surface area contributed by atoms with E-state index in [9.17, 15) is 9.18 Å². The minimum Gasteiger partial charge on any atom is -0.326 e. The van der Waals surface area contributed by atoms with Crippen molar-refractivity contribution >= 4 is 34.1 Å². The molecule has 1 N–H and O–H groups in total. The molecule has 0 aliphatic carbocycles. The van der Waals surface area contributed by atoms with Gasteiger partial charge in [-0.2, -0.15) is 0 Å². The lowest BCUT2D eigenvalue weighted by Crippen LogP contribution is -2.18. The number of carbonyl (C=O) groups is 1. The molecule has 0 saturated heterocycles. The standard InChI is InChI=1S/C24H18ClFN2O/c1-15(24(29)28-20-9-6-18(25)7-10-20)16-2-4-17(5-3-16)21-12-13-27-23-11-8-19(26)14-22(21)23/h2-15H,1H3,(H,28,29)/t15-/m1/s1. The van der Waals surface area contributed by atoms with Crippen molar-refractivity contribution in [2.45, 2.75) is 12.8 Å². The highest BCUT2D eigenvalue weighted by molar-refractivity contribution is 6.30. The number of nitrogens with zero attached hydrogens (tertiary/aromatic N) is 1. The van der Waals surface area contributed by atoms with Crippen LogP contribution in [0, 0.1) is 5.82 Å². The molecule has 0 bridgehead atoms. The van der Waals surface area contributed by atoms with Crippen LogP contribution in [0.5, 0.6) is 0 Å². The molecule has 5 heteroatoms. The van der Waals surface area contributed by atoms with Crippen LogP contribution in [0.1, 0.15) is 18.4 Å². The highest BCUT2D eigenvalue weighted by Crippen LogP contribution is 2.29. The maximum atomic E-state index is 13.7. The van der Waals surface area contributed by atoms with Gasteiger partial charge in [0, 0.05) is 22.3 Å². The molecule has 0 radical (unpaired) electrons. The van der Waals surface area contributed by atoms with Gasteiger partial charge < -0.3 is 5.32 Å². The van der Waals surface area contributed by atoms with E-state index in [1.54, 1.807) is 36.5 Å². The number of hydrogen-bond donors (Lipinski definition) is 1. The lowest BCUT2D eigenvalue weighted by Gasteiger charge is -2.14. The second-order valence-electron chi connectivity index (χ2n) is 6.86. The SMILES string of the molecule is C[C@@H](C(=O)Nc1ccc(Cl)cc1)c1ccc(-c2ccnc3ccc(F)cc23)cc1. The van der Waals surface area contributed by atoms with E-state index in [1.807, 2.05) is 37.3 Å². The molecule has 3 aromatic carbocycles. The Balaban J connectivity index is 1.57. The number of anilines is 1. The number of benzene rings is 3. The molecule has 4 rings (SSSR count). The van der Waals surface area contributed by atoms with Crippen LogP contribution >= 0.6 is 11.6 Å². The van der Waals surface area contributed by atoms with Crippen LogP contribution in [0.4, 0.5) is 10.1 Å². The van der Waals surface area contributed by atoms with Crippen molar-refractivity contribution in [1.29, 1.82) is 0 Å². The Morgan fingerprint density at radius 2 is 1.72 bits per heavy atom. The quantitative estimate of drug-likeness (QED) is 0.425. The molecule has 0 aliphatic heterocycles. The normalized spacial score (nSPS) is 12.0. The van der Waals surface area contributed by atoms with Crippen LogP contribution in [0.25, 0.3) is 22.0 Å². The van der Waals surface area contributed by atoms with Crippen LogP contribution in [-0.4, -0.2) is 10.9 Å². The van der Waals surface area contributed by atoms with Gasteiger partial charge in [-0.15, -0.1) is 0 Å². The molecular formula is C24H18ClFN2O. The molecule has 1 aromatic heterocycles. The molecule has 1 amide bonds. The molecule has 4 aromatic rings. The smallest absolute Gasteiger partial charge is 0.231 e. The van der Waals surface area contributed by atoms with Crippen molar-refractivity contribution < 1.29 is 9.18 Å². The van der Waals surface area contributed by atoms with E-state index >= 15 is 0 Å². The summed E-state index contributed by atoms with van der Waals surface area (Å²) in [6.07, 6.45) is 1.71. The minimum atomic E-state index is -0.327. The van der Waals surface area contributed by atoms with Crippen LogP contribution in [0.2, 0.25) is 5.02 Å². The van der Waals surface area contributed by atoms with Gasteiger partial charge in [0.25, 0.3) is 0 Å². The van der Waals surface area contributed by atoms with Gasteiger partial charge in [-0.1, -0.05) is 35.9 Å². The molecule has 1 heterocycles. The van der Waals surface area contributed by atoms with Gasteiger partial charge in [-0.05, 0) is 72.1 Å². The zero-order valence-electron chi connectivity index (χ0n) is 15.7. The van der Waals surface area contributed by atoms with Crippen LogP contribution in [-0.2, 0) is 4.79 Å². The molecule has 0 spiro atoms. The third-order valence-electron chi connectivity index (χ3n) is 4.93. The molecule has 144 valence electrons. The number of hydrogen-bond acceptors (Lipinski definition) is 2. The van der Waals surface area contributed by atoms with Gasteiger partial charge >= 0.3 is 0 Å². The summed E-state index contributed by atoms with van der Waals surface area (Å²) in [6, 6.07) is 21.2. The number of halogens is 2. The monoisotopic (exact) mass is 404 g/mol. The number of nitrogens with one attached hydrogen (secondary N) is 1. The van der Waals surface area contributed by atoms with Crippen LogP contribution < -0.4 is 5.32 Å². The molecule has 0 fully saturated rings. The zero-order valence-corrected chi connectivity index (χ0v) is 16.5. The van der Waals surface area contributed by atoms with E-state index < -0.39 is 0 Å². The van der Waals surface area contributed by atoms with Crippen LogP contribution in [0.3, 0.4) is 0 Å². The largest absolute Gasteiger partial charge is 0.326 e. The van der Waals surface area contributed by atoms with E-state index in [2.05, 4.69) is 10.3 Å². The number of amides is 1. The van der Waals surface area contributed by atoms with Crippen LogP contribution in [0.15, 0.2) is 79.0 Å². The predicted molar refractivity (Wildman–Crippen MR) is 116 cm³/mol. The Bertz CT molecular complexity index is 1170. The Labute approximate surface area is 173 Å². The summed E-state index contributed by atoms with van der Waals surface area (Å²) in [5, 5.41) is 4.28. The summed E-state index contributed by atoms with van der Waals surface area (Å²) in [5.41, 5.74) is 4.18. The average molecular weight is 405 g/mol. The van der Waals surface area contributed by atoms with E-state index in [-0.39, 0.29) is 17.6 Å². The second-order valence-corrected chi connectivity index (χ2v) is 7.30. The average Bonchev–Trinajstić information content (AvgIpc) is 2.74. The van der Waals surface area contributed by atoms with Crippen molar-refractivity contribution in [1.82, 2.24) is 4.98 Å². The first-order chi connectivity index (χ1) is 14.0. The Morgan fingerprint density at radius 3 is 2.45 bits per heavy atom.